The number of carbonyl (C=O) groups is 2. The summed E-state index contributed by atoms with van der Waals surface area (Å²) in [6.45, 7) is 8.81. The number of aryl methyl sites for hydroxylation is 2. The SMILES string of the molecule is CCCCNC(C)=C(C(=O)Cc1ccccc1)C(=O)Nc1c(CC)cccc1CC. The van der Waals surface area contributed by atoms with Gasteiger partial charge in [-0.15, -0.1) is 0 Å². The second-order valence-electron chi connectivity index (χ2n) is 7.48. The molecule has 2 rings (SSSR count). The van der Waals surface area contributed by atoms with Gasteiger partial charge < -0.3 is 10.6 Å². The first-order chi connectivity index (χ1) is 14.5. The molecule has 30 heavy (non-hydrogen) atoms. The second-order valence-corrected chi connectivity index (χ2v) is 7.48. The van der Waals surface area contributed by atoms with Gasteiger partial charge in [0, 0.05) is 24.4 Å². The molecule has 0 aliphatic heterocycles. The van der Waals surface area contributed by atoms with Crippen molar-refractivity contribution in [3.8, 4) is 0 Å². The summed E-state index contributed by atoms with van der Waals surface area (Å²) in [7, 11) is 0. The van der Waals surface area contributed by atoms with Gasteiger partial charge in [-0.25, -0.2) is 0 Å². The zero-order chi connectivity index (χ0) is 21.9. The molecule has 0 aromatic heterocycles. The maximum atomic E-state index is 13.3. The fourth-order valence-electron chi connectivity index (χ4n) is 3.50. The zero-order valence-electron chi connectivity index (χ0n) is 18.7. The van der Waals surface area contributed by atoms with E-state index in [2.05, 4.69) is 31.4 Å². The normalized spacial score (nSPS) is 11.6. The number of nitrogens with one attached hydrogen (secondary N) is 2. The number of ketones is 1. The van der Waals surface area contributed by atoms with Crippen LogP contribution < -0.4 is 10.6 Å². The molecule has 0 saturated heterocycles. The fraction of sp³-hybridized carbons (Fsp3) is 0.385. The highest BCUT2D eigenvalue weighted by Crippen LogP contribution is 2.24. The van der Waals surface area contributed by atoms with E-state index in [4.69, 9.17) is 0 Å². The number of rotatable bonds is 11. The lowest BCUT2D eigenvalue weighted by Crippen LogP contribution is -2.28. The molecule has 4 heteroatoms. The first-order valence-electron chi connectivity index (χ1n) is 11.0. The molecule has 0 saturated carbocycles. The van der Waals surface area contributed by atoms with Crippen molar-refractivity contribution >= 4 is 17.4 Å². The first kappa shape index (κ1) is 23.4. The number of hydrogen-bond donors (Lipinski definition) is 2. The van der Waals surface area contributed by atoms with E-state index in [0.29, 0.717) is 5.70 Å². The standard InChI is InChI=1S/C26H34N2O2/c1-5-8-17-27-19(4)24(23(29)18-20-13-10-9-11-14-20)26(30)28-25-21(6-2)15-12-16-22(25)7-3/h9-16,27H,5-8,17-18H2,1-4H3,(H,28,30). The molecule has 2 N–H and O–H groups in total. The minimum Gasteiger partial charge on any atom is -0.388 e. The molecule has 0 radical (unpaired) electrons. The van der Waals surface area contributed by atoms with Crippen molar-refractivity contribution in [3.63, 3.8) is 0 Å². The third-order valence-electron chi connectivity index (χ3n) is 5.25. The largest absolute Gasteiger partial charge is 0.388 e. The smallest absolute Gasteiger partial charge is 0.261 e. The minimum absolute atomic E-state index is 0.174. The van der Waals surface area contributed by atoms with Crippen LogP contribution in [0.25, 0.3) is 0 Å². The molecule has 1 amide bonds. The number of carbonyl (C=O) groups excluding carboxylic acids is 2. The van der Waals surface area contributed by atoms with Crippen molar-refractivity contribution in [2.24, 2.45) is 0 Å². The van der Waals surface area contributed by atoms with Gasteiger partial charge in [-0.2, -0.15) is 0 Å². The van der Waals surface area contributed by atoms with Crippen LogP contribution in [-0.4, -0.2) is 18.2 Å². The van der Waals surface area contributed by atoms with Crippen molar-refractivity contribution in [1.82, 2.24) is 5.32 Å². The summed E-state index contributed by atoms with van der Waals surface area (Å²) in [5, 5.41) is 6.33. The molecule has 0 spiro atoms. The van der Waals surface area contributed by atoms with Gasteiger partial charge in [-0.3, -0.25) is 9.59 Å². The van der Waals surface area contributed by atoms with Gasteiger partial charge in [-0.05, 0) is 42.9 Å². The molecule has 0 fully saturated rings. The van der Waals surface area contributed by atoms with Gasteiger partial charge in [0.15, 0.2) is 5.78 Å². The Hall–Kier alpha value is -2.88. The summed E-state index contributed by atoms with van der Waals surface area (Å²) in [4.78, 5) is 26.5. The van der Waals surface area contributed by atoms with Crippen molar-refractivity contribution in [2.45, 2.75) is 59.8 Å². The van der Waals surface area contributed by atoms with Crippen LogP contribution in [0, 0.1) is 0 Å². The predicted molar refractivity (Wildman–Crippen MR) is 125 cm³/mol. The fourth-order valence-corrected chi connectivity index (χ4v) is 3.50. The molecule has 0 aliphatic rings. The Morgan fingerprint density at radius 3 is 2.07 bits per heavy atom. The summed E-state index contributed by atoms with van der Waals surface area (Å²) in [6, 6.07) is 15.6. The minimum atomic E-state index is -0.340. The van der Waals surface area contributed by atoms with Crippen LogP contribution in [0.4, 0.5) is 5.69 Å². The Morgan fingerprint density at radius 2 is 1.50 bits per heavy atom. The van der Waals surface area contributed by atoms with E-state index in [0.717, 1.165) is 54.6 Å². The number of hydrogen-bond acceptors (Lipinski definition) is 3. The van der Waals surface area contributed by atoms with Gasteiger partial charge in [0.2, 0.25) is 0 Å². The van der Waals surface area contributed by atoms with Gasteiger partial charge in [0.25, 0.3) is 5.91 Å². The predicted octanol–water partition coefficient (Wildman–Crippen LogP) is 5.23. The second kappa shape index (κ2) is 12.0. The van der Waals surface area contributed by atoms with Gasteiger partial charge >= 0.3 is 0 Å². The summed E-state index contributed by atoms with van der Waals surface area (Å²) in [6.07, 6.45) is 3.86. The monoisotopic (exact) mass is 406 g/mol. The van der Waals surface area contributed by atoms with Crippen LogP contribution in [0.3, 0.4) is 0 Å². The number of amides is 1. The van der Waals surface area contributed by atoms with E-state index in [1.165, 1.54) is 0 Å². The maximum absolute atomic E-state index is 13.3. The summed E-state index contributed by atoms with van der Waals surface area (Å²) in [5.74, 6) is -0.514. The van der Waals surface area contributed by atoms with Crippen LogP contribution in [0.1, 0.15) is 57.2 Å². The van der Waals surface area contributed by atoms with Crippen LogP contribution in [0.5, 0.6) is 0 Å². The van der Waals surface area contributed by atoms with E-state index >= 15 is 0 Å². The average molecular weight is 407 g/mol. The molecule has 0 aliphatic carbocycles. The average Bonchev–Trinajstić information content (AvgIpc) is 2.74. The molecule has 0 heterocycles. The number of allylic oxidation sites excluding steroid dienone is 1. The van der Waals surface area contributed by atoms with E-state index in [-0.39, 0.29) is 23.7 Å². The maximum Gasteiger partial charge on any atom is 0.261 e. The van der Waals surface area contributed by atoms with Gasteiger partial charge in [-0.1, -0.05) is 75.7 Å². The Bertz CT molecular complexity index is 863. The third kappa shape index (κ3) is 6.31. The highest BCUT2D eigenvalue weighted by molar-refractivity contribution is 6.24. The number of para-hydroxylation sites is 1. The van der Waals surface area contributed by atoms with Crippen LogP contribution in [0.2, 0.25) is 0 Å². The molecular weight excluding hydrogens is 372 g/mol. The zero-order valence-corrected chi connectivity index (χ0v) is 18.7. The van der Waals surface area contributed by atoms with E-state index in [1.54, 1.807) is 0 Å². The molecule has 160 valence electrons. The summed E-state index contributed by atoms with van der Waals surface area (Å²) in [5.41, 5.74) is 4.73. The van der Waals surface area contributed by atoms with E-state index in [9.17, 15) is 9.59 Å². The topological polar surface area (TPSA) is 58.2 Å². The van der Waals surface area contributed by atoms with Gasteiger partial charge in [0.05, 0.1) is 0 Å². The number of Topliss-reactive ketones (excluding diaryl/α,β-unsaturated/α-hetero) is 1. The van der Waals surface area contributed by atoms with Crippen molar-refractivity contribution in [2.75, 3.05) is 11.9 Å². The van der Waals surface area contributed by atoms with Crippen LogP contribution in [-0.2, 0) is 28.9 Å². The molecule has 0 atom stereocenters. The van der Waals surface area contributed by atoms with Crippen LogP contribution in [0.15, 0.2) is 59.8 Å². The van der Waals surface area contributed by atoms with E-state index in [1.807, 2.05) is 55.5 Å². The van der Waals surface area contributed by atoms with Crippen molar-refractivity contribution < 1.29 is 9.59 Å². The molecule has 0 bridgehead atoms. The van der Waals surface area contributed by atoms with E-state index < -0.39 is 0 Å². The molecule has 2 aromatic carbocycles. The third-order valence-corrected chi connectivity index (χ3v) is 5.25. The number of unbranched alkanes of at least 4 members (excludes halogenated alkanes) is 1. The molecule has 2 aromatic rings. The highest BCUT2D eigenvalue weighted by Gasteiger charge is 2.23. The number of anilines is 1. The molecular formula is C26H34N2O2. The van der Waals surface area contributed by atoms with Gasteiger partial charge in [0.1, 0.15) is 5.57 Å². The summed E-state index contributed by atoms with van der Waals surface area (Å²) >= 11 is 0. The first-order valence-corrected chi connectivity index (χ1v) is 11.0. The van der Waals surface area contributed by atoms with Crippen LogP contribution >= 0.6 is 0 Å². The Labute approximate surface area is 180 Å². The summed E-state index contributed by atoms with van der Waals surface area (Å²) < 4.78 is 0. The lowest BCUT2D eigenvalue weighted by atomic mass is 9.99. The number of benzene rings is 2. The Kier molecular flexibility index (Phi) is 9.33. The molecule has 0 unspecified atom stereocenters. The molecule has 4 nitrogen and oxygen atoms in total. The van der Waals surface area contributed by atoms with Crippen molar-refractivity contribution in [1.29, 1.82) is 0 Å². The highest BCUT2D eigenvalue weighted by atomic mass is 16.2. The Balaban J connectivity index is 2.35. The Morgan fingerprint density at radius 1 is 0.867 bits per heavy atom. The lowest BCUT2D eigenvalue weighted by molar-refractivity contribution is -0.119. The quantitative estimate of drug-likeness (QED) is 0.233. The van der Waals surface area contributed by atoms with Crippen molar-refractivity contribution in [3.05, 3.63) is 76.5 Å². The lowest BCUT2D eigenvalue weighted by Gasteiger charge is -2.17.